The molecule has 10 heteroatoms. The molecule has 1 N–H and O–H groups in total. The van der Waals surface area contributed by atoms with E-state index in [1.165, 1.54) is 36.7 Å². The average molecular weight is 530 g/mol. The molecule has 202 valence electrons. The summed E-state index contributed by atoms with van der Waals surface area (Å²) in [5, 5.41) is 0. The summed E-state index contributed by atoms with van der Waals surface area (Å²) < 4.78 is 35.1. The Morgan fingerprint density at radius 2 is 1.73 bits per heavy atom. The van der Waals surface area contributed by atoms with Crippen LogP contribution in [0, 0.1) is 6.92 Å². The van der Waals surface area contributed by atoms with Gasteiger partial charge in [0.05, 0.1) is 17.0 Å². The molecule has 9 nitrogen and oxygen atoms in total. The predicted molar refractivity (Wildman–Crippen MR) is 141 cm³/mol. The molecule has 0 bridgehead atoms. The molecule has 0 saturated carbocycles. The molecule has 1 aromatic carbocycles. The van der Waals surface area contributed by atoms with Crippen molar-refractivity contribution in [3.05, 3.63) is 48.0 Å². The summed E-state index contributed by atoms with van der Waals surface area (Å²) in [6, 6.07) is 6.57. The lowest BCUT2D eigenvalue weighted by Crippen LogP contribution is -2.50. The van der Waals surface area contributed by atoms with Gasteiger partial charge in [-0.2, -0.15) is 4.31 Å². The van der Waals surface area contributed by atoms with E-state index in [4.69, 9.17) is 4.74 Å². The largest absolute Gasteiger partial charge is 0.448 e. The molecule has 1 amide bonds. The van der Waals surface area contributed by atoms with E-state index >= 15 is 0 Å². The van der Waals surface area contributed by atoms with Crippen LogP contribution >= 0.6 is 0 Å². The van der Waals surface area contributed by atoms with Crippen LogP contribution < -0.4 is 0 Å². The van der Waals surface area contributed by atoms with E-state index in [0.717, 1.165) is 24.8 Å². The third-order valence-corrected chi connectivity index (χ3v) is 10.1. The summed E-state index contributed by atoms with van der Waals surface area (Å²) >= 11 is 0. The molecular formula is C27H39N5O4S. The lowest BCUT2D eigenvalue weighted by molar-refractivity contribution is 0.0443. The van der Waals surface area contributed by atoms with Crippen molar-refractivity contribution in [2.75, 3.05) is 32.8 Å². The van der Waals surface area contributed by atoms with Gasteiger partial charge in [0.1, 0.15) is 12.4 Å². The quantitative estimate of drug-likeness (QED) is 0.605. The molecular weight excluding hydrogens is 490 g/mol. The van der Waals surface area contributed by atoms with Crippen LogP contribution in [0.4, 0.5) is 4.79 Å². The number of aromatic nitrogens is 2. The monoisotopic (exact) mass is 529 g/mol. The summed E-state index contributed by atoms with van der Waals surface area (Å²) in [4.78, 5) is 25.1. The van der Waals surface area contributed by atoms with Crippen LogP contribution in [0.25, 0.3) is 0 Å². The Bertz CT molecular complexity index is 1120. The van der Waals surface area contributed by atoms with E-state index in [2.05, 4.69) is 14.9 Å². The van der Waals surface area contributed by atoms with Gasteiger partial charge in [0.15, 0.2) is 0 Å². The zero-order chi connectivity index (χ0) is 25.8. The molecule has 5 rings (SSSR count). The summed E-state index contributed by atoms with van der Waals surface area (Å²) in [5.74, 6) is 0.617. The number of amides is 1. The number of H-pyrrole nitrogens is 1. The van der Waals surface area contributed by atoms with E-state index < -0.39 is 22.1 Å². The van der Waals surface area contributed by atoms with Crippen LogP contribution in [0.3, 0.4) is 0 Å². The fourth-order valence-electron chi connectivity index (χ4n) is 6.08. The molecule has 2 atom stereocenters. The average Bonchev–Trinajstić information content (AvgIpc) is 3.47. The topological polar surface area (TPSA) is 98.8 Å². The highest BCUT2D eigenvalue weighted by atomic mass is 32.2. The second-order valence-corrected chi connectivity index (χ2v) is 12.5. The molecule has 37 heavy (non-hydrogen) atoms. The van der Waals surface area contributed by atoms with Gasteiger partial charge in [-0.3, -0.25) is 0 Å². The van der Waals surface area contributed by atoms with Gasteiger partial charge in [-0.1, -0.05) is 24.1 Å². The summed E-state index contributed by atoms with van der Waals surface area (Å²) in [5.41, 5.74) is 0.995. The van der Waals surface area contributed by atoms with E-state index in [9.17, 15) is 13.2 Å². The second kappa shape index (κ2) is 11.5. The minimum Gasteiger partial charge on any atom is -0.448 e. The minimum atomic E-state index is -3.83. The molecule has 0 spiro atoms. The maximum atomic E-state index is 13.9. The van der Waals surface area contributed by atoms with Gasteiger partial charge in [0, 0.05) is 31.5 Å². The number of ether oxygens (including phenoxy) is 1. The van der Waals surface area contributed by atoms with Crippen LogP contribution in [0.5, 0.6) is 0 Å². The highest BCUT2D eigenvalue weighted by Gasteiger charge is 2.42. The number of aryl methyl sites for hydroxylation is 1. The second-order valence-electron chi connectivity index (χ2n) is 10.6. The fraction of sp³-hybridized carbons (Fsp3) is 0.630. The summed E-state index contributed by atoms with van der Waals surface area (Å²) in [6.07, 6.45) is 10.9. The molecule has 4 heterocycles. The van der Waals surface area contributed by atoms with E-state index in [1.807, 2.05) is 6.92 Å². The normalized spacial score (nSPS) is 24.7. The maximum absolute atomic E-state index is 13.9. The fourth-order valence-corrected chi connectivity index (χ4v) is 7.90. The number of carbonyl (C=O) groups is 1. The van der Waals surface area contributed by atoms with Crippen LogP contribution in [0.15, 0.2) is 41.6 Å². The van der Waals surface area contributed by atoms with E-state index in [-0.39, 0.29) is 17.6 Å². The van der Waals surface area contributed by atoms with Crippen LogP contribution in [0.2, 0.25) is 0 Å². The summed E-state index contributed by atoms with van der Waals surface area (Å²) in [7, 11) is -3.83. The Kier molecular flexibility index (Phi) is 8.16. The van der Waals surface area contributed by atoms with E-state index in [0.29, 0.717) is 37.8 Å². The van der Waals surface area contributed by atoms with Crippen molar-refractivity contribution >= 4 is 16.1 Å². The number of nitrogens with one attached hydrogen (secondary N) is 1. The Labute approximate surface area is 220 Å². The third-order valence-electron chi connectivity index (χ3n) is 8.14. The SMILES string of the molecule is Cc1ccc(S(=O)(=O)N2C(COC(=O)N3CCC(N4CCCCC4)CC3)CCCC2c2ncc[nH]2)cc1. The highest BCUT2D eigenvalue weighted by Crippen LogP contribution is 2.38. The number of aromatic amines is 1. The molecule has 3 saturated heterocycles. The van der Waals surface area contributed by atoms with Gasteiger partial charge in [-0.25, -0.2) is 18.2 Å². The van der Waals surface area contributed by atoms with Crippen molar-refractivity contribution in [3.63, 3.8) is 0 Å². The lowest BCUT2D eigenvalue weighted by Gasteiger charge is -2.41. The van der Waals surface area contributed by atoms with Gasteiger partial charge in [-0.15, -0.1) is 0 Å². The number of rotatable bonds is 6. The number of hydrogen-bond donors (Lipinski definition) is 1. The van der Waals surface area contributed by atoms with Crippen molar-refractivity contribution in [1.29, 1.82) is 0 Å². The van der Waals surface area contributed by atoms with Crippen LogP contribution in [-0.4, -0.2) is 83.5 Å². The zero-order valence-electron chi connectivity index (χ0n) is 21.7. The molecule has 0 radical (unpaired) electrons. The van der Waals surface area contributed by atoms with Crippen molar-refractivity contribution in [2.24, 2.45) is 0 Å². The number of sulfonamides is 1. The van der Waals surface area contributed by atoms with Crippen molar-refractivity contribution in [1.82, 2.24) is 24.1 Å². The Morgan fingerprint density at radius 3 is 2.41 bits per heavy atom. The zero-order valence-corrected chi connectivity index (χ0v) is 22.5. The Morgan fingerprint density at radius 1 is 1.00 bits per heavy atom. The number of nitrogens with zero attached hydrogens (tertiary/aromatic N) is 4. The molecule has 3 aliphatic rings. The van der Waals surface area contributed by atoms with Gasteiger partial charge in [0.2, 0.25) is 10.0 Å². The standard InChI is InChI=1S/C27H39N5O4S/c1-21-8-10-24(11-9-21)37(34,35)32-23(6-5-7-25(32)26-28-14-15-29-26)20-36-27(33)31-18-12-22(13-19-31)30-16-3-2-4-17-30/h8-11,14-15,22-23,25H,2-7,12-13,16-20H2,1H3,(H,28,29). The first-order valence-corrected chi connectivity index (χ1v) is 15.1. The first kappa shape index (κ1) is 26.2. The molecule has 2 unspecified atom stereocenters. The smallest absolute Gasteiger partial charge is 0.409 e. The Hall–Kier alpha value is -2.43. The van der Waals surface area contributed by atoms with Crippen molar-refractivity contribution < 1.29 is 17.9 Å². The molecule has 2 aromatic rings. The first-order valence-electron chi connectivity index (χ1n) is 13.7. The predicted octanol–water partition coefficient (Wildman–Crippen LogP) is 4.09. The van der Waals surface area contributed by atoms with Crippen molar-refractivity contribution in [3.8, 4) is 0 Å². The number of benzene rings is 1. The number of carbonyl (C=O) groups excluding carboxylic acids is 1. The molecule has 0 aliphatic carbocycles. The number of likely N-dealkylation sites (tertiary alicyclic amines) is 2. The van der Waals surface area contributed by atoms with Crippen LogP contribution in [-0.2, 0) is 14.8 Å². The first-order chi connectivity index (χ1) is 17.9. The lowest BCUT2D eigenvalue weighted by atomic mass is 9.98. The highest BCUT2D eigenvalue weighted by molar-refractivity contribution is 7.89. The van der Waals surface area contributed by atoms with Crippen LogP contribution in [0.1, 0.15) is 68.8 Å². The maximum Gasteiger partial charge on any atom is 0.409 e. The number of imidazole rings is 1. The third kappa shape index (κ3) is 5.86. The Balaban J connectivity index is 1.26. The summed E-state index contributed by atoms with van der Waals surface area (Å²) in [6.45, 7) is 5.67. The van der Waals surface area contributed by atoms with Gasteiger partial charge in [-0.05, 0) is 77.1 Å². The van der Waals surface area contributed by atoms with Gasteiger partial charge in [0.25, 0.3) is 0 Å². The van der Waals surface area contributed by atoms with Gasteiger partial charge < -0.3 is 19.5 Å². The minimum absolute atomic E-state index is 0.0349. The number of piperidine rings is 3. The number of hydrogen-bond acceptors (Lipinski definition) is 6. The molecule has 1 aromatic heterocycles. The van der Waals surface area contributed by atoms with Gasteiger partial charge >= 0.3 is 6.09 Å². The molecule has 3 fully saturated rings. The van der Waals surface area contributed by atoms with Crippen molar-refractivity contribution in [2.45, 2.75) is 81.3 Å². The molecule has 3 aliphatic heterocycles. The van der Waals surface area contributed by atoms with E-state index in [1.54, 1.807) is 41.6 Å².